The number of rotatable bonds is 5. The zero-order valence-electron chi connectivity index (χ0n) is 17.7. The first kappa shape index (κ1) is 22.6. The maximum absolute atomic E-state index is 13.4. The van der Waals surface area contributed by atoms with E-state index in [-0.39, 0.29) is 22.6 Å². The van der Waals surface area contributed by atoms with Crippen LogP contribution in [0.3, 0.4) is 0 Å². The number of carbonyl (C=O) groups is 2. The molecule has 1 aliphatic rings. The van der Waals surface area contributed by atoms with Crippen molar-refractivity contribution >= 4 is 28.8 Å². The highest BCUT2D eigenvalue weighted by molar-refractivity contribution is 6.46. The van der Waals surface area contributed by atoms with Gasteiger partial charge in [-0.15, -0.1) is 13.2 Å². The fourth-order valence-electron chi connectivity index (χ4n) is 3.44. The number of aryl methyl sites for hydroxylation is 1. The predicted octanol–water partition coefficient (Wildman–Crippen LogP) is 5.16. The van der Waals surface area contributed by atoms with E-state index in [4.69, 9.17) is 5.26 Å². The van der Waals surface area contributed by atoms with Gasteiger partial charge in [0.25, 0.3) is 11.8 Å². The third-order valence-corrected chi connectivity index (χ3v) is 5.04. The number of nitrogens with zero attached hydrogens (tertiary/aromatic N) is 2. The van der Waals surface area contributed by atoms with Crippen LogP contribution < -0.4 is 15.0 Å². The molecule has 0 bridgehead atoms. The van der Waals surface area contributed by atoms with Crippen LogP contribution in [-0.2, 0) is 9.59 Å². The van der Waals surface area contributed by atoms with Crippen molar-refractivity contribution in [3.05, 3.63) is 95.2 Å². The third kappa shape index (κ3) is 4.61. The van der Waals surface area contributed by atoms with E-state index in [0.717, 1.165) is 22.6 Å². The minimum Gasteiger partial charge on any atom is -0.406 e. The molecular formula is C25H16F3N3O3. The average Bonchev–Trinajstić information content (AvgIpc) is 3.04. The number of hydrogen-bond acceptors (Lipinski definition) is 5. The summed E-state index contributed by atoms with van der Waals surface area (Å²) in [6.07, 6.45) is -4.83. The molecule has 0 saturated heterocycles. The second-order valence-electron chi connectivity index (χ2n) is 7.42. The molecule has 0 aromatic heterocycles. The molecule has 3 aromatic carbocycles. The highest BCUT2D eigenvalue weighted by Crippen LogP contribution is 2.34. The monoisotopic (exact) mass is 463 g/mol. The molecule has 1 aliphatic heterocycles. The smallest absolute Gasteiger partial charge is 0.406 e. The second kappa shape index (κ2) is 8.75. The van der Waals surface area contributed by atoms with Gasteiger partial charge in [-0.2, -0.15) is 5.26 Å². The molecule has 0 unspecified atom stereocenters. The summed E-state index contributed by atoms with van der Waals surface area (Å²) in [4.78, 5) is 27.7. The summed E-state index contributed by atoms with van der Waals surface area (Å²) >= 11 is 0. The first-order valence-corrected chi connectivity index (χ1v) is 9.99. The van der Waals surface area contributed by atoms with E-state index in [1.807, 2.05) is 13.0 Å². The Balaban J connectivity index is 1.72. The molecule has 3 aromatic rings. The first-order chi connectivity index (χ1) is 16.2. The SMILES string of the molecule is Cc1ccc(C2=C(Nc3ccc(OC(F)(F)F)cc3)C(=O)N(c3ccc(C#N)cc3)C2=O)cc1. The van der Waals surface area contributed by atoms with Gasteiger partial charge in [-0.1, -0.05) is 29.8 Å². The van der Waals surface area contributed by atoms with Crippen LogP contribution in [0.1, 0.15) is 16.7 Å². The Morgan fingerprint density at radius 2 is 1.50 bits per heavy atom. The van der Waals surface area contributed by atoms with E-state index >= 15 is 0 Å². The van der Waals surface area contributed by atoms with Crippen LogP contribution in [0.25, 0.3) is 5.57 Å². The number of alkyl halides is 3. The molecule has 170 valence electrons. The van der Waals surface area contributed by atoms with Crippen molar-refractivity contribution in [2.45, 2.75) is 13.3 Å². The Labute approximate surface area is 192 Å². The standard InChI is InChI=1S/C25H16F3N3O3/c1-15-2-6-17(7-3-15)21-22(30-18-8-12-20(13-9-18)34-25(26,27)28)24(33)31(23(21)32)19-10-4-16(14-29)5-11-19/h2-13,30H,1H3. The molecule has 6 nitrogen and oxygen atoms in total. The summed E-state index contributed by atoms with van der Waals surface area (Å²) in [5.74, 6) is -1.63. The van der Waals surface area contributed by atoms with Crippen molar-refractivity contribution in [3.63, 3.8) is 0 Å². The Kier molecular flexibility index (Phi) is 5.82. The van der Waals surface area contributed by atoms with Gasteiger partial charge >= 0.3 is 6.36 Å². The number of hydrogen-bond donors (Lipinski definition) is 1. The molecular weight excluding hydrogens is 447 g/mol. The number of carbonyl (C=O) groups excluding carboxylic acids is 2. The van der Waals surface area contributed by atoms with Gasteiger partial charge in [0.15, 0.2) is 0 Å². The summed E-state index contributed by atoms with van der Waals surface area (Å²) in [5.41, 5.74) is 2.49. The fourth-order valence-corrected chi connectivity index (χ4v) is 3.44. The summed E-state index contributed by atoms with van der Waals surface area (Å²) < 4.78 is 41.2. The number of halogens is 3. The van der Waals surface area contributed by atoms with E-state index in [1.54, 1.807) is 24.3 Å². The van der Waals surface area contributed by atoms with Crippen LogP contribution >= 0.6 is 0 Å². The Bertz CT molecular complexity index is 1320. The normalized spacial score (nSPS) is 13.8. The van der Waals surface area contributed by atoms with Crippen LogP contribution in [-0.4, -0.2) is 18.2 Å². The lowest BCUT2D eigenvalue weighted by atomic mass is 10.0. The number of amides is 2. The first-order valence-electron chi connectivity index (χ1n) is 9.99. The molecule has 4 rings (SSSR count). The molecule has 9 heteroatoms. The molecule has 0 fully saturated rings. The summed E-state index contributed by atoms with van der Waals surface area (Å²) in [5, 5.41) is 11.9. The lowest BCUT2D eigenvalue weighted by molar-refractivity contribution is -0.274. The van der Waals surface area contributed by atoms with Crippen molar-refractivity contribution in [3.8, 4) is 11.8 Å². The molecule has 0 spiro atoms. The quantitative estimate of drug-likeness (QED) is 0.529. The second-order valence-corrected chi connectivity index (χ2v) is 7.42. The van der Waals surface area contributed by atoms with Gasteiger partial charge in [0.2, 0.25) is 0 Å². The Morgan fingerprint density at radius 3 is 2.06 bits per heavy atom. The van der Waals surface area contributed by atoms with Crippen LogP contribution in [0.15, 0.2) is 78.5 Å². The zero-order chi connectivity index (χ0) is 24.5. The van der Waals surface area contributed by atoms with Crippen molar-refractivity contribution in [1.82, 2.24) is 0 Å². The lowest BCUT2D eigenvalue weighted by Gasteiger charge is -2.15. The number of imide groups is 1. The molecule has 1 heterocycles. The highest BCUT2D eigenvalue weighted by Gasteiger charge is 2.40. The van der Waals surface area contributed by atoms with Crippen LogP contribution in [0, 0.1) is 18.3 Å². The number of anilines is 2. The molecule has 0 saturated carbocycles. The van der Waals surface area contributed by atoms with Gasteiger partial charge < -0.3 is 10.1 Å². The van der Waals surface area contributed by atoms with Gasteiger partial charge in [0.05, 0.1) is 22.9 Å². The molecule has 1 N–H and O–H groups in total. The fraction of sp³-hybridized carbons (Fsp3) is 0.0800. The van der Waals surface area contributed by atoms with Crippen molar-refractivity contribution in [2.75, 3.05) is 10.2 Å². The Hall–Kier alpha value is -4.58. The highest BCUT2D eigenvalue weighted by atomic mass is 19.4. The van der Waals surface area contributed by atoms with Crippen LogP contribution in [0.5, 0.6) is 5.75 Å². The topological polar surface area (TPSA) is 82.4 Å². The molecule has 0 aliphatic carbocycles. The summed E-state index contributed by atoms with van der Waals surface area (Å²) in [6.45, 7) is 1.88. The minimum atomic E-state index is -4.83. The Morgan fingerprint density at radius 1 is 0.882 bits per heavy atom. The number of ether oxygens (including phenoxy) is 1. The van der Waals surface area contributed by atoms with E-state index in [0.29, 0.717) is 11.1 Å². The van der Waals surface area contributed by atoms with Gasteiger partial charge in [-0.3, -0.25) is 9.59 Å². The number of benzene rings is 3. The van der Waals surface area contributed by atoms with E-state index in [2.05, 4.69) is 10.1 Å². The van der Waals surface area contributed by atoms with E-state index in [9.17, 15) is 22.8 Å². The maximum atomic E-state index is 13.4. The summed E-state index contributed by atoms with van der Waals surface area (Å²) in [6, 6.07) is 19.8. The molecule has 0 atom stereocenters. The van der Waals surface area contributed by atoms with Crippen molar-refractivity contribution in [1.29, 1.82) is 5.26 Å². The lowest BCUT2D eigenvalue weighted by Crippen LogP contribution is -2.32. The third-order valence-electron chi connectivity index (χ3n) is 5.04. The average molecular weight is 463 g/mol. The number of nitrogens with one attached hydrogen (secondary N) is 1. The van der Waals surface area contributed by atoms with E-state index in [1.165, 1.54) is 36.4 Å². The predicted molar refractivity (Wildman–Crippen MR) is 118 cm³/mol. The summed E-state index contributed by atoms with van der Waals surface area (Å²) in [7, 11) is 0. The van der Waals surface area contributed by atoms with Gasteiger partial charge in [-0.05, 0) is 61.0 Å². The van der Waals surface area contributed by atoms with Crippen molar-refractivity contribution in [2.24, 2.45) is 0 Å². The molecule has 0 radical (unpaired) electrons. The van der Waals surface area contributed by atoms with Gasteiger partial charge in [-0.25, -0.2) is 4.90 Å². The van der Waals surface area contributed by atoms with Gasteiger partial charge in [0.1, 0.15) is 11.4 Å². The van der Waals surface area contributed by atoms with Crippen molar-refractivity contribution < 1.29 is 27.5 Å². The molecule has 34 heavy (non-hydrogen) atoms. The van der Waals surface area contributed by atoms with Crippen LogP contribution in [0.4, 0.5) is 24.5 Å². The zero-order valence-corrected chi connectivity index (χ0v) is 17.7. The van der Waals surface area contributed by atoms with Crippen LogP contribution in [0.2, 0.25) is 0 Å². The van der Waals surface area contributed by atoms with Gasteiger partial charge in [0, 0.05) is 5.69 Å². The van der Waals surface area contributed by atoms with E-state index < -0.39 is 23.9 Å². The molecule has 2 amide bonds. The maximum Gasteiger partial charge on any atom is 0.573 e. The largest absolute Gasteiger partial charge is 0.573 e. The minimum absolute atomic E-state index is 0.0253. The number of nitriles is 1.